The SMILES string of the molecule is CN=C(NCCc1ccc(NC(C)=O)cc1)NCCc1cccc(F)c1.I. The smallest absolute Gasteiger partial charge is 0.221 e. The number of guanidine groups is 1. The van der Waals surface area contributed by atoms with E-state index in [4.69, 9.17) is 0 Å². The average molecular weight is 484 g/mol. The summed E-state index contributed by atoms with van der Waals surface area (Å²) in [4.78, 5) is 15.2. The van der Waals surface area contributed by atoms with Crippen LogP contribution in [0, 0.1) is 5.82 Å². The van der Waals surface area contributed by atoms with Gasteiger partial charge in [0.05, 0.1) is 0 Å². The van der Waals surface area contributed by atoms with E-state index >= 15 is 0 Å². The molecular formula is C20H26FIN4O. The van der Waals surface area contributed by atoms with Crippen LogP contribution in [0.3, 0.4) is 0 Å². The molecule has 0 saturated heterocycles. The van der Waals surface area contributed by atoms with Crippen molar-refractivity contribution in [1.29, 1.82) is 0 Å². The fourth-order valence-corrected chi connectivity index (χ4v) is 2.52. The van der Waals surface area contributed by atoms with Gasteiger partial charge in [-0.1, -0.05) is 24.3 Å². The van der Waals surface area contributed by atoms with Gasteiger partial charge in [-0.15, -0.1) is 24.0 Å². The van der Waals surface area contributed by atoms with Crippen LogP contribution in [0.1, 0.15) is 18.1 Å². The van der Waals surface area contributed by atoms with Crippen molar-refractivity contribution in [2.75, 3.05) is 25.5 Å². The highest BCUT2D eigenvalue weighted by Crippen LogP contribution is 2.09. The van der Waals surface area contributed by atoms with Crippen LogP contribution in [-0.2, 0) is 17.6 Å². The van der Waals surface area contributed by atoms with Crippen molar-refractivity contribution in [3.05, 3.63) is 65.5 Å². The molecule has 0 aliphatic heterocycles. The number of anilines is 1. The number of amides is 1. The second-order valence-corrected chi connectivity index (χ2v) is 5.93. The quantitative estimate of drug-likeness (QED) is 0.321. The Morgan fingerprint density at radius 2 is 1.63 bits per heavy atom. The summed E-state index contributed by atoms with van der Waals surface area (Å²) in [5.74, 6) is 0.429. The van der Waals surface area contributed by atoms with E-state index < -0.39 is 0 Å². The molecule has 0 saturated carbocycles. The molecular weight excluding hydrogens is 458 g/mol. The van der Waals surface area contributed by atoms with Crippen LogP contribution in [0.25, 0.3) is 0 Å². The molecule has 7 heteroatoms. The topological polar surface area (TPSA) is 65.5 Å². The Labute approximate surface area is 176 Å². The van der Waals surface area contributed by atoms with E-state index in [1.807, 2.05) is 30.3 Å². The Bertz CT molecular complexity index is 750. The van der Waals surface area contributed by atoms with Gasteiger partial charge < -0.3 is 16.0 Å². The fraction of sp³-hybridized carbons (Fsp3) is 0.300. The average Bonchev–Trinajstić information content (AvgIpc) is 2.61. The van der Waals surface area contributed by atoms with Crippen LogP contribution in [0.4, 0.5) is 10.1 Å². The molecule has 0 bridgehead atoms. The maximum absolute atomic E-state index is 13.2. The molecule has 1 amide bonds. The van der Waals surface area contributed by atoms with E-state index in [0.717, 1.165) is 36.6 Å². The zero-order chi connectivity index (χ0) is 18.8. The summed E-state index contributed by atoms with van der Waals surface area (Å²) < 4.78 is 13.2. The lowest BCUT2D eigenvalue weighted by Crippen LogP contribution is -2.39. The number of rotatable bonds is 7. The molecule has 0 aromatic heterocycles. The highest BCUT2D eigenvalue weighted by Gasteiger charge is 2.00. The number of carbonyl (C=O) groups is 1. The molecule has 2 aromatic rings. The van der Waals surface area contributed by atoms with Crippen LogP contribution < -0.4 is 16.0 Å². The van der Waals surface area contributed by atoms with Crippen LogP contribution >= 0.6 is 24.0 Å². The maximum Gasteiger partial charge on any atom is 0.221 e. The van der Waals surface area contributed by atoms with Crippen LogP contribution in [0.15, 0.2) is 53.5 Å². The standard InChI is InChI=1S/C20H25FN4O.HI/c1-15(26)25-19-8-6-16(7-9-19)10-12-23-20(22-2)24-13-11-17-4-3-5-18(21)14-17;/h3-9,14H,10-13H2,1-2H3,(H,25,26)(H2,22,23,24);1H. The molecule has 0 fully saturated rings. The van der Waals surface area contributed by atoms with Crippen molar-refractivity contribution in [3.8, 4) is 0 Å². The van der Waals surface area contributed by atoms with Gasteiger partial charge in [0.2, 0.25) is 5.91 Å². The van der Waals surface area contributed by atoms with Crippen molar-refractivity contribution in [3.63, 3.8) is 0 Å². The zero-order valence-corrected chi connectivity index (χ0v) is 17.9. The third-order valence-corrected chi connectivity index (χ3v) is 3.80. The minimum atomic E-state index is -0.213. The molecule has 0 radical (unpaired) electrons. The van der Waals surface area contributed by atoms with Gasteiger partial charge in [0.25, 0.3) is 0 Å². The van der Waals surface area contributed by atoms with Crippen molar-refractivity contribution < 1.29 is 9.18 Å². The van der Waals surface area contributed by atoms with Gasteiger partial charge in [0.15, 0.2) is 5.96 Å². The number of halogens is 2. The van der Waals surface area contributed by atoms with Crippen molar-refractivity contribution in [1.82, 2.24) is 10.6 Å². The maximum atomic E-state index is 13.2. The van der Waals surface area contributed by atoms with E-state index in [-0.39, 0.29) is 35.7 Å². The van der Waals surface area contributed by atoms with Crippen molar-refractivity contribution in [2.45, 2.75) is 19.8 Å². The molecule has 2 rings (SSSR count). The van der Waals surface area contributed by atoms with Gasteiger partial charge in [-0.2, -0.15) is 0 Å². The minimum absolute atomic E-state index is 0. The Morgan fingerprint density at radius 3 is 2.19 bits per heavy atom. The Morgan fingerprint density at radius 1 is 1.00 bits per heavy atom. The first-order valence-corrected chi connectivity index (χ1v) is 8.62. The van der Waals surface area contributed by atoms with E-state index in [1.54, 1.807) is 19.2 Å². The monoisotopic (exact) mass is 484 g/mol. The normalized spacial score (nSPS) is 10.7. The van der Waals surface area contributed by atoms with Gasteiger partial charge in [0.1, 0.15) is 5.82 Å². The first-order chi connectivity index (χ1) is 12.6. The van der Waals surface area contributed by atoms with Crippen molar-refractivity contribution in [2.24, 2.45) is 4.99 Å². The van der Waals surface area contributed by atoms with Gasteiger partial charge in [-0.3, -0.25) is 9.79 Å². The third-order valence-electron chi connectivity index (χ3n) is 3.80. The molecule has 0 spiro atoms. The lowest BCUT2D eigenvalue weighted by molar-refractivity contribution is -0.114. The second kappa shape index (κ2) is 12.3. The van der Waals surface area contributed by atoms with E-state index in [2.05, 4.69) is 20.9 Å². The molecule has 0 aliphatic carbocycles. The van der Waals surface area contributed by atoms with E-state index in [0.29, 0.717) is 6.54 Å². The highest BCUT2D eigenvalue weighted by molar-refractivity contribution is 14.0. The molecule has 146 valence electrons. The number of nitrogens with one attached hydrogen (secondary N) is 3. The van der Waals surface area contributed by atoms with Gasteiger partial charge in [-0.05, 0) is 48.2 Å². The predicted octanol–water partition coefficient (Wildman–Crippen LogP) is 3.35. The van der Waals surface area contributed by atoms with Crippen molar-refractivity contribution >= 4 is 41.5 Å². The van der Waals surface area contributed by atoms with E-state index in [1.165, 1.54) is 18.6 Å². The van der Waals surface area contributed by atoms with Gasteiger partial charge in [0, 0.05) is 32.7 Å². The molecule has 5 nitrogen and oxygen atoms in total. The lowest BCUT2D eigenvalue weighted by atomic mass is 10.1. The number of nitrogens with zero attached hydrogens (tertiary/aromatic N) is 1. The molecule has 27 heavy (non-hydrogen) atoms. The fourth-order valence-electron chi connectivity index (χ4n) is 2.52. The number of carbonyl (C=O) groups excluding carboxylic acids is 1. The zero-order valence-electron chi connectivity index (χ0n) is 15.6. The van der Waals surface area contributed by atoms with Crippen LogP contribution in [0.2, 0.25) is 0 Å². The summed E-state index contributed by atoms with van der Waals surface area (Å²) in [7, 11) is 1.72. The molecule has 2 aromatic carbocycles. The van der Waals surface area contributed by atoms with Crippen LogP contribution in [-0.4, -0.2) is 32.0 Å². The first-order valence-electron chi connectivity index (χ1n) is 8.62. The number of aliphatic imine (C=N–C) groups is 1. The van der Waals surface area contributed by atoms with Crippen LogP contribution in [0.5, 0.6) is 0 Å². The Hall–Kier alpha value is -2.16. The first kappa shape index (κ1) is 22.9. The number of hydrogen-bond acceptors (Lipinski definition) is 2. The summed E-state index contributed by atoms with van der Waals surface area (Å²) in [6.45, 7) is 2.90. The summed E-state index contributed by atoms with van der Waals surface area (Å²) >= 11 is 0. The molecule has 0 heterocycles. The summed E-state index contributed by atoms with van der Waals surface area (Å²) in [6.07, 6.45) is 1.56. The third kappa shape index (κ3) is 8.85. The molecule has 0 atom stereocenters. The lowest BCUT2D eigenvalue weighted by Gasteiger charge is -2.12. The second-order valence-electron chi connectivity index (χ2n) is 5.93. The summed E-state index contributed by atoms with van der Waals surface area (Å²) in [6, 6.07) is 14.4. The minimum Gasteiger partial charge on any atom is -0.356 e. The van der Waals surface area contributed by atoms with E-state index in [9.17, 15) is 9.18 Å². The van der Waals surface area contributed by atoms with Gasteiger partial charge in [-0.25, -0.2) is 4.39 Å². The molecule has 0 unspecified atom stereocenters. The number of hydrogen-bond donors (Lipinski definition) is 3. The van der Waals surface area contributed by atoms with Gasteiger partial charge >= 0.3 is 0 Å². The highest BCUT2D eigenvalue weighted by atomic mass is 127. The predicted molar refractivity (Wildman–Crippen MR) is 119 cm³/mol. The molecule has 0 aliphatic rings. The summed E-state index contributed by atoms with van der Waals surface area (Å²) in [5, 5.41) is 9.23. The summed E-state index contributed by atoms with van der Waals surface area (Å²) in [5.41, 5.74) is 2.91. The number of benzene rings is 2. The Balaban J connectivity index is 0.00000364. The largest absolute Gasteiger partial charge is 0.356 e. The Kier molecular flexibility index (Phi) is 10.4. The molecule has 3 N–H and O–H groups in total.